The van der Waals surface area contributed by atoms with Gasteiger partial charge in [0.2, 0.25) is 5.91 Å². The van der Waals surface area contributed by atoms with E-state index >= 15 is 0 Å². The minimum absolute atomic E-state index is 0.343. The molecule has 17 heavy (non-hydrogen) atoms. The second-order valence-corrected chi connectivity index (χ2v) is 5.78. The van der Waals surface area contributed by atoms with Crippen molar-refractivity contribution in [2.24, 2.45) is 5.92 Å². The average Bonchev–Trinajstić information content (AvgIpc) is 2.23. The zero-order chi connectivity index (χ0) is 12.8. The highest BCUT2D eigenvalue weighted by Gasteiger charge is 2.25. The molecule has 100 valence electrons. The Kier molecular flexibility index (Phi) is 5.96. The summed E-state index contributed by atoms with van der Waals surface area (Å²) >= 11 is 0. The number of carbonyl (C=O) groups excluding carboxylic acids is 1. The molecule has 1 aliphatic heterocycles. The van der Waals surface area contributed by atoms with Gasteiger partial charge >= 0.3 is 0 Å². The Labute approximate surface area is 106 Å². The van der Waals surface area contributed by atoms with Gasteiger partial charge in [0.1, 0.15) is 0 Å². The molecule has 1 saturated heterocycles. The summed E-state index contributed by atoms with van der Waals surface area (Å²) in [5.74, 6) is 1.12. The number of hydrogen-bond acceptors (Lipinski definition) is 2. The number of rotatable bonds is 5. The lowest BCUT2D eigenvalue weighted by Crippen LogP contribution is -2.44. The zero-order valence-corrected chi connectivity index (χ0v) is 11.8. The first-order valence-electron chi connectivity index (χ1n) is 7.03. The van der Waals surface area contributed by atoms with Crippen LogP contribution >= 0.6 is 0 Å². The smallest absolute Gasteiger partial charge is 0.222 e. The summed E-state index contributed by atoms with van der Waals surface area (Å²) in [5.41, 5.74) is 0. The molecule has 0 aromatic carbocycles. The highest BCUT2D eigenvalue weighted by molar-refractivity contribution is 5.76. The molecule has 1 aliphatic rings. The minimum atomic E-state index is 0.343. The molecule has 3 heteroatoms. The molecule has 0 aromatic rings. The predicted molar refractivity (Wildman–Crippen MR) is 71.9 cm³/mol. The van der Waals surface area contributed by atoms with Crippen LogP contribution in [0.2, 0.25) is 0 Å². The van der Waals surface area contributed by atoms with Crippen LogP contribution in [0.4, 0.5) is 0 Å². The Morgan fingerprint density at radius 1 is 1.41 bits per heavy atom. The fourth-order valence-corrected chi connectivity index (χ4v) is 2.55. The van der Waals surface area contributed by atoms with Crippen LogP contribution in [-0.2, 0) is 4.79 Å². The van der Waals surface area contributed by atoms with Gasteiger partial charge in [-0.3, -0.25) is 4.79 Å². The van der Waals surface area contributed by atoms with Crippen molar-refractivity contribution in [3.05, 3.63) is 0 Å². The van der Waals surface area contributed by atoms with E-state index in [0.29, 0.717) is 24.4 Å². The van der Waals surface area contributed by atoms with Crippen molar-refractivity contribution in [2.45, 2.75) is 65.5 Å². The molecule has 0 radical (unpaired) electrons. The van der Waals surface area contributed by atoms with Crippen LogP contribution in [0.3, 0.4) is 0 Å². The van der Waals surface area contributed by atoms with E-state index in [1.807, 2.05) is 0 Å². The largest absolute Gasteiger partial charge is 0.340 e. The number of nitrogens with zero attached hydrogens (tertiary/aromatic N) is 1. The summed E-state index contributed by atoms with van der Waals surface area (Å²) in [5, 5.41) is 3.35. The van der Waals surface area contributed by atoms with Gasteiger partial charge in [-0.1, -0.05) is 20.8 Å². The molecule has 0 bridgehead atoms. The van der Waals surface area contributed by atoms with Crippen LogP contribution in [0.1, 0.15) is 53.4 Å². The van der Waals surface area contributed by atoms with E-state index in [-0.39, 0.29) is 0 Å². The number of hydrogen-bond donors (Lipinski definition) is 1. The highest BCUT2D eigenvalue weighted by Crippen LogP contribution is 2.22. The van der Waals surface area contributed by atoms with Gasteiger partial charge in [-0.15, -0.1) is 0 Å². The quantitative estimate of drug-likeness (QED) is 0.749. The summed E-state index contributed by atoms with van der Waals surface area (Å²) in [7, 11) is 0. The van der Waals surface area contributed by atoms with Crippen LogP contribution < -0.4 is 5.32 Å². The number of carbonyl (C=O) groups is 1. The molecule has 2 unspecified atom stereocenters. The van der Waals surface area contributed by atoms with Crippen molar-refractivity contribution in [3.8, 4) is 0 Å². The van der Waals surface area contributed by atoms with Gasteiger partial charge in [-0.05, 0) is 38.6 Å². The van der Waals surface area contributed by atoms with Crippen LogP contribution in [0.5, 0.6) is 0 Å². The van der Waals surface area contributed by atoms with E-state index in [4.69, 9.17) is 0 Å². The van der Waals surface area contributed by atoms with Crippen LogP contribution in [0, 0.1) is 5.92 Å². The Morgan fingerprint density at radius 2 is 2.12 bits per heavy atom. The zero-order valence-electron chi connectivity index (χ0n) is 11.8. The van der Waals surface area contributed by atoms with Crippen LogP contribution in [0.25, 0.3) is 0 Å². The van der Waals surface area contributed by atoms with Gasteiger partial charge in [-0.25, -0.2) is 0 Å². The summed E-state index contributed by atoms with van der Waals surface area (Å²) in [6.45, 7) is 10.6. The number of likely N-dealkylation sites (tertiary alicyclic amines) is 1. The third-order valence-electron chi connectivity index (χ3n) is 3.58. The van der Waals surface area contributed by atoms with E-state index < -0.39 is 0 Å². The third kappa shape index (κ3) is 5.07. The van der Waals surface area contributed by atoms with E-state index in [1.165, 1.54) is 6.42 Å². The standard InChI is InChI=1S/C14H28N2O/c1-11(2)15-8-5-6-14(17)16-9-7-12(3)10-13(16)4/h11-13,15H,5-10H2,1-4H3. The molecular formula is C14H28N2O. The molecule has 1 fully saturated rings. The molecule has 0 aromatic heterocycles. The Hall–Kier alpha value is -0.570. The first-order chi connectivity index (χ1) is 8.00. The second kappa shape index (κ2) is 7.00. The van der Waals surface area contributed by atoms with Gasteiger partial charge < -0.3 is 10.2 Å². The fraction of sp³-hybridized carbons (Fsp3) is 0.929. The maximum absolute atomic E-state index is 12.1. The topological polar surface area (TPSA) is 32.3 Å². The lowest BCUT2D eigenvalue weighted by molar-refractivity contribution is -0.135. The predicted octanol–water partition coefficient (Wildman–Crippen LogP) is 2.41. The van der Waals surface area contributed by atoms with E-state index in [0.717, 1.165) is 31.8 Å². The molecular weight excluding hydrogens is 212 g/mol. The van der Waals surface area contributed by atoms with Crippen LogP contribution in [0.15, 0.2) is 0 Å². The SMILES string of the molecule is CC1CCN(C(=O)CCCNC(C)C)C(C)C1. The van der Waals surface area contributed by atoms with Gasteiger partial charge in [0.05, 0.1) is 0 Å². The summed E-state index contributed by atoms with van der Waals surface area (Å²) in [6.07, 6.45) is 3.98. The molecule has 1 amide bonds. The van der Waals surface area contributed by atoms with E-state index in [1.54, 1.807) is 0 Å². The average molecular weight is 240 g/mol. The lowest BCUT2D eigenvalue weighted by atomic mass is 9.93. The number of amides is 1. The van der Waals surface area contributed by atoms with Crippen molar-refractivity contribution in [2.75, 3.05) is 13.1 Å². The lowest BCUT2D eigenvalue weighted by Gasteiger charge is -2.36. The number of nitrogens with one attached hydrogen (secondary N) is 1. The molecule has 2 atom stereocenters. The molecule has 1 N–H and O–H groups in total. The second-order valence-electron chi connectivity index (χ2n) is 5.78. The Morgan fingerprint density at radius 3 is 2.71 bits per heavy atom. The molecule has 0 spiro atoms. The molecule has 0 aliphatic carbocycles. The Bertz CT molecular complexity index is 240. The van der Waals surface area contributed by atoms with Crippen molar-refractivity contribution in [3.63, 3.8) is 0 Å². The summed E-state index contributed by atoms with van der Waals surface area (Å²) in [6, 6.07) is 0.948. The van der Waals surface area contributed by atoms with Gasteiger partial charge in [0.25, 0.3) is 0 Å². The van der Waals surface area contributed by atoms with Crippen molar-refractivity contribution in [1.82, 2.24) is 10.2 Å². The van der Waals surface area contributed by atoms with Crippen molar-refractivity contribution < 1.29 is 4.79 Å². The normalized spacial score (nSPS) is 25.4. The Balaban J connectivity index is 2.23. The highest BCUT2D eigenvalue weighted by atomic mass is 16.2. The first-order valence-corrected chi connectivity index (χ1v) is 7.03. The number of piperidine rings is 1. The maximum atomic E-state index is 12.1. The van der Waals surface area contributed by atoms with Gasteiger partial charge in [0.15, 0.2) is 0 Å². The fourth-order valence-electron chi connectivity index (χ4n) is 2.55. The molecule has 1 rings (SSSR count). The van der Waals surface area contributed by atoms with Crippen molar-refractivity contribution >= 4 is 5.91 Å². The minimum Gasteiger partial charge on any atom is -0.340 e. The van der Waals surface area contributed by atoms with E-state index in [2.05, 4.69) is 37.9 Å². The molecule has 0 saturated carbocycles. The van der Waals surface area contributed by atoms with Gasteiger partial charge in [0, 0.05) is 25.0 Å². The monoisotopic (exact) mass is 240 g/mol. The third-order valence-corrected chi connectivity index (χ3v) is 3.58. The molecule has 3 nitrogen and oxygen atoms in total. The van der Waals surface area contributed by atoms with Gasteiger partial charge in [-0.2, -0.15) is 0 Å². The summed E-state index contributed by atoms with van der Waals surface area (Å²) < 4.78 is 0. The maximum Gasteiger partial charge on any atom is 0.222 e. The van der Waals surface area contributed by atoms with Crippen LogP contribution in [-0.4, -0.2) is 36.0 Å². The first kappa shape index (κ1) is 14.5. The van der Waals surface area contributed by atoms with E-state index in [9.17, 15) is 4.79 Å². The van der Waals surface area contributed by atoms with Crippen molar-refractivity contribution in [1.29, 1.82) is 0 Å². The molecule has 1 heterocycles. The summed E-state index contributed by atoms with van der Waals surface area (Å²) in [4.78, 5) is 14.1.